The van der Waals surface area contributed by atoms with Crippen molar-refractivity contribution in [3.8, 4) is 0 Å². The number of nitrogens with one attached hydrogen (secondary N) is 1. The molecular weight excluding hydrogens is 250 g/mol. The lowest BCUT2D eigenvalue weighted by Crippen LogP contribution is -2.39. The van der Waals surface area contributed by atoms with Crippen LogP contribution in [-0.4, -0.2) is 27.6 Å². The molecule has 104 valence electrons. The van der Waals surface area contributed by atoms with Crippen LogP contribution in [0.3, 0.4) is 0 Å². The molecule has 0 fully saturated rings. The molecule has 5 heteroatoms. The highest BCUT2D eigenvalue weighted by molar-refractivity contribution is 7.82. The average Bonchev–Trinajstić information content (AvgIpc) is 2.29. The van der Waals surface area contributed by atoms with E-state index in [1.165, 1.54) is 6.26 Å². The Bertz CT molecular complexity index is 359. The van der Waals surface area contributed by atoms with Crippen LogP contribution >= 0.6 is 0 Å². The second-order valence-electron chi connectivity index (χ2n) is 3.27. The molecule has 0 rings (SSSR count). The number of carboxylic acids is 1. The van der Waals surface area contributed by atoms with Crippen LogP contribution < -0.4 is 4.72 Å². The third-order valence-corrected chi connectivity index (χ3v) is 2.37. The van der Waals surface area contributed by atoms with Gasteiger partial charge in [-0.15, -0.1) is 0 Å². The highest BCUT2D eigenvalue weighted by atomic mass is 32.2. The molecule has 0 amide bonds. The van der Waals surface area contributed by atoms with E-state index in [0.29, 0.717) is 11.1 Å². The number of carbonyl (C=O) groups is 1. The lowest BCUT2D eigenvalue weighted by atomic mass is 10.0. The first-order valence-corrected chi connectivity index (χ1v) is 7.27. The number of rotatable bonds is 6. The van der Waals surface area contributed by atoms with Crippen LogP contribution in [0.1, 0.15) is 27.7 Å². The van der Waals surface area contributed by atoms with Crippen molar-refractivity contribution in [1.82, 2.24) is 4.72 Å². The SMILES string of the molecule is C=C(C)/C(=C\C=C/C)C(NS(C)=O)C(=O)O.CC. The monoisotopic (exact) mass is 273 g/mol. The normalized spacial score (nSPS) is 14.6. The van der Waals surface area contributed by atoms with Gasteiger partial charge in [-0.25, -0.2) is 8.93 Å². The average molecular weight is 273 g/mol. The standard InChI is InChI=1S/C11H17NO3S.C2H6/c1-5-6-7-9(8(2)3)10(11(13)14)12-16(4)15;1-2/h5-7,10,12H,2H2,1,3-4H3,(H,13,14);1-2H3/b6-5-,9-7+;. The van der Waals surface area contributed by atoms with Crippen molar-refractivity contribution in [2.45, 2.75) is 33.7 Å². The van der Waals surface area contributed by atoms with E-state index in [-0.39, 0.29) is 0 Å². The molecule has 0 aliphatic rings. The zero-order valence-corrected chi connectivity index (χ0v) is 12.5. The maximum atomic E-state index is 11.0. The molecule has 0 aromatic rings. The Balaban J connectivity index is 0. The Morgan fingerprint density at radius 2 is 1.94 bits per heavy atom. The Labute approximate surface area is 112 Å². The zero-order valence-electron chi connectivity index (χ0n) is 11.7. The van der Waals surface area contributed by atoms with Crippen LogP contribution in [0, 0.1) is 0 Å². The van der Waals surface area contributed by atoms with Crippen LogP contribution in [0.5, 0.6) is 0 Å². The minimum absolute atomic E-state index is 0.515. The Kier molecular flexibility index (Phi) is 11.6. The van der Waals surface area contributed by atoms with Crippen molar-refractivity contribution in [3.63, 3.8) is 0 Å². The number of hydrogen-bond donors (Lipinski definition) is 2. The van der Waals surface area contributed by atoms with Crippen molar-refractivity contribution in [2.24, 2.45) is 0 Å². The number of hydrogen-bond acceptors (Lipinski definition) is 2. The van der Waals surface area contributed by atoms with Crippen LogP contribution in [0.2, 0.25) is 0 Å². The van der Waals surface area contributed by atoms with E-state index in [0.717, 1.165) is 0 Å². The molecule has 2 atom stereocenters. The van der Waals surface area contributed by atoms with Gasteiger partial charge >= 0.3 is 5.97 Å². The molecule has 0 heterocycles. The van der Waals surface area contributed by atoms with E-state index in [9.17, 15) is 9.00 Å². The first-order chi connectivity index (χ1) is 8.40. The topological polar surface area (TPSA) is 66.4 Å². The third-order valence-electron chi connectivity index (χ3n) is 1.80. The largest absolute Gasteiger partial charge is 0.480 e. The number of carboxylic acid groups (broad SMARTS) is 1. The quantitative estimate of drug-likeness (QED) is 0.730. The van der Waals surface area contributed by atoms with Crippen molar-refractivity contribution in [2.75, 3.05) is 6.26 Å². The van der Waals surface area contributed by atoms with Gasteiger partial charge in [-0.1, -0.05) is 44.2 Å². The molecular formula is C13H23NO3S. The first-order valence-electron chi connectivity index (χ1n) is 5.71. The molecule has 2 unspecified atom stereocenters. The molecule has 0 saturated heterocycles. The summed E-state index contributed by atoms with van der Waals surface area (Å²) in [6, 6.07) is -1.00. The van der Waals surface area contributed by atoms with Crippen LogP contribution in [-0.2, 0) is 15.8 Å². The molecule has 0 radical (unpaired) electrons. The summed E-state index contributed by atoms with van der Waals surface area (Å²) in [5.41, 5.74) is 1.14. The predicted molar refractivity (Wildman–Crippen MR) is 77.7 cm³/mol. The molecule has 18 heavy (non-hydrogen) atoms. The van der Waals surface area contributed by atoms with Gasteiger partial charge in [-0.05, 0) is 19.4 Å². The van der Waals surface area contributed by atoms with Gasteiger partial charge in [0.1, 0.15) is 6.04 Å². The van der Waals surface area contributed by atoms with E-state index in [2.05, 4.69) is 11.3 Å². The zero-order chi connectivity index (χ0) is 14.7. The molecule has 0 aromatic carbocycles. The van der Waals surface area contributed by atoms with Crippen molar-refractivity contribution < 1.29 is 14.1 Å². The summed E-state index contributed by atoms with van der Waals surface area (Å²) >= 11 is 0. The predicted octanol–water partition coefficient (Wildman–Crippen LogP) is 2.43. The van der Waals surface area contributed by atoms with Gasteiger partial charge in [0.2, 0.25) is 0 Å². The van der Waals surface area contributed by atoms with E-state index in [1.54, 1.807) is 25.2 Å². The second-order valence-corrected chi connectivity index (χ2v) is 4.42. The highest BCUT2D eigenvalue weighted by Crippen LogP contribution is 2.13. The molecule has 4 nitrogen and oxygen atoms in total. The van der Waals surface area contributed by atoms with E-state index in [4.69, 9.17) is 5.11 Å². The van der Waals surface area contributed by atoms with E-state index in [1.807, 2.05) is 20.8 Å². The smallest absolute Gasteiger partial charge is 0.326 e. The van der Waals surface area contributed by atoms with Gasteiger partial charge in [-0.2, -0.15) is 0 Å². The first kappa shape index (κ1) is 19.1. The van der Waals surface area contributed by atoms with Gasteiger partial charge in [0, 0.05) is 6.26 Å². The minimum Gasteiger partial charge on any atom is -0.480 e. The molecule has 0 aromatic heterocycles. The summed E-state index contributed by atoms with van der Waals surface area (Å²) in [7, 11) is -1.40. The molecule has 0 spiro atoms. The van der Waals surface area contributed by atoms with E-state index < -0.39 is 23.0 Å². The summed E-state index contributed by atoms with van der Waals surface area (Å²) in [6.07, 6.45) is 6.55. The van der Waals surface area contributed by atoms with Crippen molar-refractivity contribution in [3.05, 3.63) is 36.0 Å². The number of allylic oxidation sites excluding steroid dienone is 3. The third kappa shape index (κ3) is 7.97. The van der Waals surface area contributed by atoms with Gasteiger partial charge in [0.15, 0.2) is 0 Å². The Morgan fingerprint density at radius 3 is 2.22 bits per heavy atom. The molecule has 0 saturated carbocycles. The van der Waals surface area contributed by atoms with Crippen molar-refractivity contribution >= 4 is 17.0 Å². The van der Waals surface area contributed by atoms with Crippen LogP contribution in [0.4, 0.5) is 0 Å². The molecule has 0 bridgehead atoms. The van der Waals surface area contributed by atoms with E-state index >= 15 is 0 Å². The lowest BCUT2D eigenvalue weighted by molar-refractivity contribution is -0.137. The molecule has 2 N–H and O–H groups in total. The van der Waals surface area contributed by atoms with Crippen molar-refractivity contribution in [1.29, 1.82) is 0 Å². The molecule has 0 aliphatic heterocycles. The van der Waals surface area contributed by atoms with Gasteiger partial charge < -0.3 is 5.11 Å². The lowest BCUT2D eigenvalue weighted by Gasteiger charge is -2.16. The van der Waals surface area contributed by atoms with Crippen LogP contribution in [0.15, 0.2) is 36.0 Å². The summed E-state index contributed by atoms with van der Waals surface area (Å²) in [6.45, 7) is 11.3. The fourth-order valence-electron chi connectivity index (χ4n) is 1.10. The van der Waals surface area contributed by atoms with Crippen LogP contribution in [0.25, 0.3) is 0 Å². The van der Waals surface area contributed by atoms with Gasteiger partial charge in [0.05, 0.1) is 11.0 Å². The Morgan fingerprint density at radius 1 is 1.44 bits per heavy atom. The van der Waals surface area contributed by atoms with Gasteiger partial charge in [-0.3, -0.25) is 4.79 Å². The maximum absolute atomic E-state index is 11.0. The maximum Gasteiger partial charge on any atom is 0.326 e. The fraction of sp³-hybridized carbons (Fsp3) is 0.462. The summed E-state index contributed by atoms with van der Waals surface area (Å²) in [5, 5.41) is 9.04. The summed E-state index contributed by atoms with van der Waals surface area (Å²) in [5.74, 6) is -1.08. The summed E-state index contributed by atoms with van der Waals surface area (Å²) < 4.78 is 13.5. The second kappa shape index (κ2) is 10.9. The highest BCUT2D eigenvalue weighted by Gasteiger charge is 2.23. The Hall–Kier alpha value is -1.20. The summed E-state index contributed by atoms with van der Waals surface area (Å²) in [4.78, 5) is 11.0. The van der Waals surface area contributed by atoms with Gasteiger partial charge in [0.25, 0.3) is 0 Å². The fourth-order valence-corrected chi connectivity index (χ4v) is 1.66. The molecule has 0 aliphatic carbocycles. The minimum atomic E-state index is -1.40. The number of aliphatic carboxylic acids is 1.